The number of benzene rings is 1. The van der Waals surface area contributed by atoms with E-state index in [4.69, 9.17) is 0 Å². The molecule has 1 aromatic carbocycles. The predicted octanol–water partition coefficient (Wildman–Crippen LogP) is 0.932. The van der Waals surface area contributed by atoms with Gasteiger partial charge in [0.1, 0.15) is 5.92 Å². The number of hydrogen-bond acceptors (Lipinski definition) is 3. The Kier molecular flexibility index (Phi) is 3.14. The van der Waals surface area contributed by atoms with E-state index in [1.54, 1.807) is 6.08 Å². The van der Waals surface area contributed by atoms with Crippen molar-refractivity contribution in [3.63, 3.8) is 0 Å². The standard InChI is InChI=1S/C13H11NO3/c15-11(10-8-12(16)14-13(10)17)7-6-9-4-2-1-3-5-9/h1-7,10H,8H2,(H,14,16,17). The van der Waals surface area contributed by atoms with Crippen LogP contribution in [0.15, 0.2) is 36.4 Å². The Bertz CT molecular complexity index is 491. The van der Waals surface area contributed by atoms with Gasteiger partial charge in [-0.1, -0.05) is 36.4 Å². The van der Waals surface area contributed by atoms with Crippen molar-refractivity contribution in [3.8, 4) is 0 Å². The first kappa shape index (κ1) is 11.3. The third kappa shape index (κ3) is 2.66. The van der Waals surface area contributed by atoms with E-state index in [2.05, 4.69) is 5.32 Å². The summed E-state index contributed by atoms with van der Waals surface area (Å²) in [5.41, 5.74) is 0.880. The van der Waals surface area contributed by atoms with Crippen LogP contribution in [0.4, 0.5) is 0 Å². The normalized spacial score (nSPS) is 19.6. The monoisotopic (exact) mass is 229 g/mol. The minimum absolute atomic E-state index is 0.0448. The first-order valence-corrected chi connectivity index (χ1v) is 5.27. The largest absolute Gasteiger partial charge is 0.296 e. The van der Waals surface area contributed by atoms with E-state index < -0.39 is 11.8 Å². The average molecular weight is 229 g/mol. The molecule has 0 bridgehead atoms. The van der Waals surface area contributed by atoms with Gasteiger partial charge in [-0.3, -0.25) is 19.7 Å². The fourth-order valence-electron chi connectivity index (χ4n) is 1.64. The molecule has 1 atom stereocenters. The van der Waals surface area contributed by atoms with Crippen LogP contribution >= 0.6 is 0 Å². The number of nitrogens with one attached hydrogen (secondary N) is 1. The molecule has 1 heterocycles. The highest BCUT2D eigenvalue weighted by atomic mass is 16.2. The van der Waals surface area contributed by atoms with Crippen molar-refractivity contribution in [2.24, 2.45) is 5.92 Å². The van der Waals surface area contributed by atoms with Crippen LogP contribution in [0, 0.1) is 5.92 Å². The maximum absolute atomic E-state index is 11.7. The van der Waals surface area contributed by atoms with Crippen molar-refractivity contribution in [2.75, 3.05) is 0 Å². The lowest BCUT2D eigenvalue weighted by molar-refractivity contribution is -0.129. The second kappa shape index (κ2) is 4.74. The minimum atomic E-state index is -0.859. The van der Waals surface area contributed by atoms with Crippen LogP contribution in [0.1, 0.15) is 12.0 Å². The van der Waals surface area contributed by atoms with Gasteiger partial charge in [0.2, 0.25) is 11.8 Å². The molecule has 2 rings (SSSR count). The molecule has 17 heavy (non-hydrogen) atoms. The number of carbonyl (C=O) groups is 3. The highest BCUT2D eigenvalue weighted by Gasteiger charge is 2.34. The Morgan fingerprint density at radius 2 is 1.94 bits per heavy atom. The van der Waals surface area contributed by atoms with Crippen LogP contribution in [0.25, 0.3) is 6.08 Å². The minimum Gasteiger partial charge on any atom is -0.296 e. The highest BCUT2D eigenvalue weighted by molar-refractivity contribution is 6.17. The fourth-order valence-corrected chi connectivity index (χ4v) is 1.64. The van der Waals surface area contributed by atoms with Gasteiger partial charge in [-0.2, -0.15) is 0 Å². The lowest BCUT2D eigenvalue weighted by atomic mass is 10.0. The topological polar surface area (TPSA) is 63.2 Å². The smallest absolute Gasteiger partial charge is 0.238 e. The van der Waals surface area contributed by atoms with Gasteiger partial charge in [-0.25, -0.2) is 0 Å². The molecule has 4 nitrogen and oxygen atoms in total. The molecule has 1 N–H and O–H groups in total. The van der Waals surface area contributed by atoms with E-state index in [0.29, 0.717) is 0 Å². The predicted molar refractivity (Wildman–Crippen MR) is 61.7 cm³/mol. The molecule has 2 amide bonds. The summed E-state index contributed by atoms with van der Waals surface area (Å²) in [5, 5.41) is 2.11. The number of allylic oxidation sites excluding steroid dienone is 1. The van der Waals surface area contributed by atoms with Crippen molar-refractivity contribution in [1.82, 2.24) is 5.32 Å². The van der Waals surface area contributed by atoms with Gasteiger partial charge in [0.05, 0.1) is 0 Å². The van der Waals surface area contributed by atoms with Crippen LogP contribution < -0.4 is 5.32 Å². The molecule has 1 fully saturated rings. The first-order chi connectivity index (χ1) is 8.16. The SMILES string of the molecule is O=C1CC(C(=O)C=Cc2ccccc2)C(=O)N1. The summed E-state index contributed by atoms with van der Waals surface area (Å²) >= 11 is 0. The van der Waals surface area contributed by atoms with Gasteiger partial charge in [0.15, 0.2) is 5.78 Å². The Labute approximate surface area is 98.3 Å². The highest BCUT2D eigenvalue weighted by Crippen LogP contribution is 2.13. The molecule has 1 aliphatic rings. The van der Waals surface area contributed by atoms with Gasteiger partial charge in [0.25, 0.3) is 0 Å². The quantitative estimate of drug-likeness (QED) is 0.476. The molecule has 86 valence electrons. The summed E-state index contributed by atoms with van der Waals surface area (Å²) in [6.45, 7) is 0. The number of rotatable bonds is 3. The average Bonchev–Trinajstić information content (AvgIpc) is 2.67. The second-order valence-electron chi connectivity index (χ2n) is 3.82. The summed E-state index contributed by atoms with van der Waals surface area (Å²) < 4.78 is 0. The fraction of sp³-hybridized carbons (Fsp3) is 0.154. The van der Waals surface area contributed by atoms with Crippen molar-refractivity contribution >= 4 is 23.7 Å². The summed E-state index contributed by atoms with van der Waals surface area (Å²) in [5.74, 6) is -2.08. The van der Waals surface area contributed by atoms with E-state index in [9.17, 15) is 14.4 Å². The molecule has 1 aromatic rings. The van der Waals surface area contributed by atoms with Crippen molar-refractivity contribution in [1.29, 1.82) is 0 Å². The zero-order valence-electron chi connectivity index (χ0n) is 9.05. The van der Waals surface area contributed by atoms with Gasteiger partial charge >= 0.3 is 0 Å². The summed E-state index contributed by atoms with van der Waals surface area (Å²) in [4.78, 5) is 33.9. The van der Waals surface area contributed by atoms with Gasteiger partial charge in [0, 0.05) is 6.42 Å². The van der Waals surface area contributed by atoms with E-state index in [0.717, 1.165) is 5.56 Å². The number of amides is 2. The third-order valence-electron chi connectivity index (χ3n) is 2.55. The van der Waals surface area contributed by atoms with Crippen molar-refractivity contribution in [2.45, 2.75) is 6.42 Å². The molecule has 0 saturated carbocycles. The summed E-state index contributed by atoms with van der Waals surface area (Å²) in [6, 6.07) is 9.29. The molecular weight excluding hydrogens is 218 g/mol. The van der Waals surface area contributed by atoms with Crippen molar-refractivity contribution in [3.05, 3.63) is 42.0 Å². The molecule has 1 unspecified atom stereocenters. The molecule has 0 aromatic heterocycles. The van der Waals surface area contributed by atoms with Crippen LogP contribution in [-0.2, 0) is 14.4 Å². The molecule has 0 spiro atoms. The van der Waals surface area contributed by atoms with E-state index in [-0.39, 0.29) is 18.1 Å². The number of imide groups is 1. The molecule has 4 heteroatoms. The number of hydrogen-bond donors (Lipinski definition) is 1. The number of ketones is 1. The van der Waals surface area contributed by atoms with Gasteiger partial charge in [-0.05, 0) is 11.6 Å². The summed E-state index contributed by atoms with van der Waals surface area (Å²) in [7, 11) is 0. The Hall–Kier alpha value is -2.23. The number of carbonyl (C=O) groups excluding carboxylic acids is 3. The molecule has 1 saturated heterocycles. The Morgan fingerprint density at radius 3 is 2.53 bits per heavy atom. The summed E-state index contributed by atoms with van der Waals surface area (Å²) in [6.07, 6.45) is 2.94. The Morgan fingerprint density at radius 1 is 1.24 bits per heavy atom. The molecular formula is C13H11NO3. The van der Waals surface area contributed by atoms with Crippen LogP contribution in [0.5, 0.6) is 0 Å². The first-order valence-electron chi connectivity index (χ1n) is 5.27. The van der Waals surface area contributed by atoms with Crippen LogP contribution in [-0.4, -0.2) is 17.6 Å². The van der Waals surface area contributed by atoms with E-state index in [1.165, 1.54) is 6.08 Å². The van der Waals surface area contributed by atoms with Gasteiger partial charge in [-0.15, -0.1) is 0 Å². The maximum atomic E-state index is 11.7. The van der Waals surface area contributed by atoms with E-state index >= 15 is 0 Å². The molecule has 0 aliphatic carbocycles. The van der Waals surface area contributed by atoms with Crippen LogP contribution in [0.3, 0.4) is 0 Å². The van der Waals surface area contributed by atoms with Gasteiger partial charge < -0.3 is 0 Å². The molecule has 0 radical (unpaired) electrons. The van der Waals surface area contributed by atoms with E-state index in [1.807, 2.05) is 30.3 Å². The molecule has 1 aliphatic heterocycles. The maximum Gasteiger partial charge on any atom is 0.238 e. The Balaban J connectivity index is 2.05. The van der Waals surface area contributed by atoms with Crippen molar-refractivity contribution < 1.29 is 14.4 Å². The third-order valence-corrected chi connectivity index (χ3v) is 2.55. The zero-order valence-corrected chi connectivity index (χ0v) is 9.05. The van der Waals surface area contributed by atoms with Crippen LogP contribution in [0.2, 0.25) is 0 Å². The second-order valence-corrected chi connectivity index (χ2v) is 3.82. The lowest BCUT2D eigenvalue weighted by Crippen LogP contribution is -2.25. The zero-order chi connectivity index (χ0) is 12.3. The lowest BCUT2D eigenvalue weighted by Gasteiger charge is -1.99.